The van der Waals surface area contributed by atoms with Crippen molar-refractivity contribution < 1.29 is 38.7 Å². The summed E-state index contributed by atoms with van der Waals surface area (Å²) in [5, 5.41) is 9.07. The van der Waals surface area contributed by atoms with Crippen LogP contribution in [-0.2, 0) is 33.6 Å². The summed E-state index contributed by atoms with van der Waals surface area (Å²) in [7, 11) is 0. The number of carbonyl (C=O) groups excluding carboxylic acids is 2. The first-order chi connectivity index (χ1) is 16.8. The van der Waals surface area contributed by atoms with E-state index in [0.717, 1.165) is 38.8 Å². The molecule has 0 unspecified atom stereocenters. The van der Waals surface area contributed by atoms with Gasteiger partial charge in [-0.25, -0.2) is 9.78 Å². The van der Waals surface area contributed by atoms with Crippen LogP contribution in [0.25, 0.3) is 0 Å². The fourth-order valence-corrected chi connectivity index (χ4v) is 6.92. The van der Waals surface area contributed by atoms with E-state index in [-0.39, 0.29) is 43.1 Å². The van der Waals surface area contributed by atoms with E-state index in [1.807, 2.05) is 13.8 Å². The highest BCUT2D eigenvalue weighted by Crippen LogP contribution is 2.60. The summed E-state index contributed by atoms with van der Waals surface area (Å²) in [6, 6.07) is 0. The molecule has 35 heavy (non-hydrogen) atoms. The van der Waals surface area contributed by atoms with E-state index in [0.29, 0.717) is 25.6 Å². The molecule has 1 aliphatic carbocycles. The second kappa shape index (κ2) is 9.87. The van der Waals surface area contributed by atoms with Crippen LogP contribution in [0.1, 0.15) is 59.3 Å². The molecule has 0 aromatic heterocycles. The molecule has 0 radical (unpaired) electrons. The summed E-state index contributed by atoms with van der Waals surface area (Å²) in [5.41, 5.74) is -0.690. The summed E-state index contributed by atoms with van der Waals surface area (Å²) in [4.78, 5) is 41.2. The molecule has 2 bridgehead atoms. The van der Waals surface area contributed by atoms with Crippen molar-refractivity contribution in [3.05, 3.63) is 0 Å². The maximum absolute atomic E-state index is 12.8. The lowest BCUT2D eigenvalue weighted by atomic mass is 9.58. The first kappa shape index (κ1) is 25.4. The molecule has 0 aromatic carbocycles. The highest BCUT2D eigenvalue weighted by molar-refractivity contribution is 5.81. The first-order valence-electron chi connectivity index (χ1n) is 13.3. The van der Waals surface area contributed by atoms with Crippen molar-refractivity contribution in [1.82, 2.24) is 9.80 Å². The van der Waals surface area contributed by atoms with E-state index in [2.05, 4.69) is 11.8 Å². The van der Waals surface area contributed by atoms with Crippen molar-refractivity contribution in [2.75, 3.05) is 39.3 Å². The van der Waals surface area contributed by atoms with Crippen LogP contribution in [0.4, 0.5) is 0 Å². The molecule has 198 valence electrons. The average Bonchev–Trinajstić information content (AvgIpc) is 3.07. The summed E-state index contributed by atoms with van der Waals surface area (Å²) in [6.45, 7) is 9.60. The molecule has 10 nitrogen and oxygen atoms in total. The predicted molar refractivity (Wildman–Crippen MR) is 122 cm³/mol. The Kier molecular flexibility index (Phi) is 7.15. The normalized spacial score (nSPS) is 43.4. The van der Waals surface area contributed by atoms with Gasteiger partial charge in [0.1, 0.15) is 0 Å². The molecular formula is C25H40N2O8. The average molecular weight is 497 g/mol. The third-order valence-corrected chi connectivity index (χ3v) is 9.03. The Hall–Kier alpha value is -1.30. The number of aliphatic hydroxyl groups is 1. The zero-order valence-electron chi connectivity index (χ0n) is 21.1. The zero-order valence-corrected chi connectivity index (χ0v) is 21.1. The number of piperazine rings is 1. The van der Waals surface area contributed by atoms with Gasteiger partial charge >= 0.3 is 5.97 Å². The van der Waals surface area contributed by atoms with Gasteiger partial charge < -0.3 is 24.2 Å². The van der Waals surface area contributed by atoms with E-state index < -0.39 is 29.9 Å². The van der Waals surface area contributed by atoms with Crippen molar-refractivity contribution in [2.45, 2.75) is 83.3 Å². The standard InChI is InChI=1S/C25H40N2O8/c1-16-4-5-19-17(2)22(32-23-25(19)18(16)8-9-24(3,33-23)34-35-25)31-21(30)7-6-20(29)27-12-10-26(11-13-27)14-15-28/h16-19,22-23,28H,4-15H2,1-3H3/t16-,17-,18+,19+,22-,23-,24-,25-/m1/s1. The van der Waals surface area contributed by atoms with Crippen molar-refractivity contribution in [3.8, 4) is 0 Å². The van der Waals surface area contributed by atoms with Gasteiger partial charge in [-0.15, -0.1) is 0 Å². The quantitative estimate of drug-likeness (QED) is 0.434. The predicted octanol–water partition coefficient (Wildman–Crippen LogP) is 1.65. The lowest BCUT2D eigenvalue weighted by Gasteiger charge is -2.59. The summed E-state index contributed by atoms with van der Waals surface area (Å²) < 4.78 is 18.4. The van der Waals surface area contributed by atoms with E-state index in [1.165, 1.54) is 0 Å². The highest BCUT2D eigenvalue weighted by atomic mass is 17.3. The number of nitrogens with zero attached hydrogens (tertiary/aromatic N) is 2. The molecule has 8 atom stereocenters. The van der Waals surface area contributed by atoms with Crippen molar-refractivity contribution >= 4 is 11.9 Å². The minimum Gasteiger partial charge on any atom is -0.435 e. The second-order valence-corrected chi connectivity index (χ2v) is 11.2. The van der Waals surface area contributed by atoms with Crippen LogP contribution in [0.15, 0.2) is 0 Å². The minimum absolute atomic E-state index is 0.0145. The summed E-state index contributed by atoms with van der Waals surface area (Å²) in [5.74, 6) is -0.643. The minimum atomic E-state index is -0.875. The van der Waals surface area contributed by atoms with Gasteiger partial charge in [-0.2, -0.15) is 0 Å². The van der Waals surface area contributed by atoms with Gasteiger partial charge in [-0.1, -0.05) is 13.8 Å². The van der Waals surface area contributed by atoms with Crippen molar-refractivity contribution in [3.63, 3.8) is 0 Å². The summed E-state index contributed by atoms with van der Waals surface area (Å²) >= 11 is 0. The number of fused-ring (bicyclic) bond motifs is 2. The number of β-amino-alcohol motifs (C(OH)–C–C–N with tert-alkyl or cyclic N) is 1. The number of carbonyl (C=O) groups is 2. The van der Waals surface area contributed by atoms with E-state index in [4.69, 9.17) is 29.1 Å². The Bertz CT molecular complexity index is 804. The number of amides is 1. The molecule has 0 aromatic rings. The van der Waals surface area contributed by atoms with E-state index in [9.17, 15) is 9.59 Å². The Morgan fingerprint density at radius 1 is 1.03 bits per heavy atom. The van der Waals surface area contributed by atoms with Crippen LogP contribution in [-0.4, -0.2) is 90.1 Å². The maximum atomic E-state index is 12.8. The van der Waals surface area contributed by atoms with Gasteiger partial charge in [0.2, 0.25) is 18.0 Å². The molecule has 6 rings (SSSR count). The molecule has 1 N–H and O–H groups in total. The van der Waals surface area contributed by atoms with Gasteiger partial charge in [0.15, 0.2) is 11.9 Å². The number of hydrogen-bond acceptors (Lipinski definition) is 9. The van der Waals surface area contributed by atoms with Crippen molar-refractivity contribution in [2.24, 2.45) is 23.7 Å². The van der Waals surface area contributed by atoms with E-state index >= 15 is 0 Å². The monoisotopic (exact) mass is 496 g/mol. The van der Waals surface area contributed by atoms with Gasteiger partial charge in [0, 0.05) is 57.4 Å². The van der Waals surface area contributed by atoms with Crippen LogP contribution >= 0.6 is 0 Å². The maximum Gasteiger partial charge on any atom is 0.308 e. The Morgan fingerprint density at radius 3 is 2.54 bits per heavy atom. The van der Waals surface area contributed by atoms with Crippen molar-refractivity contribution in [1.29, 1.82) is 0 Å². The number of hydrogen-bond donors (Lipinski definition) is 1. The number of aliphatic hydroxyl groups excluding tert-OH is 1. The molecule has 1 saturated carbocycles. The van der Waals surface area contributed by atoms with Crippen LogP contribution in [0.5, 0.6) is 0 Å². The topological polar surface area (TPSA) is 107 Å². The Balaban J connectivity index is 1.19. The molecule has 5 saturated heterocycles. The molecule has 6 fully saturated rings. The second-order valence-electron chi connectivity index (χ2n) is 11.2. The number of esters is 1. The Morgan fingerprint density at radius 2 is 1.80 bits per heavy atom. The third kappa shape index (κ3) is 4.62. The fraction of sp³-hybridized carbons (Fsp3) is 0.920. The molecule has 5 aliphatic heterocycles. The molecule has 6 aliphatic rings. The van der Waals surface area contributed by atoms with Gasteiger partial charge in [-0.05, 0) is 38.0 Å². The van der Waals surface area contributed by atoms with Gasteiger partial charge in [0.25, 0.3) is 0 Å². The van der Waals surface area contributed by atoms with Gasteiger partial charge in [0.05, 0.1) is 13.0 Å². The Labute approximate surface area is 207 Å². The highest BCUT2D eigenvalue weighted by Gasteiger charge is 2.69. The fourth-order valence-electron chi connectivity index (χ4n) is 6.92. The molecular weight excluding hydrogens is 456 g/mol. The lowest BCUT2D eigenvalue weighted by molar-refractivity contribution is -0.576. The SMILES string of the molecule is C[C@H]1[C@H](OC(=O)CCC(=O)N2CCN(CCO)CC2)O[C@@H]2O[C@@]3(C)CC[C@H]4[C@H](C)CC[C@@H]1[C@@]24OO3. The third-order valence-electron chi connectivity index (χ3n) is 9.03. The van der Waals surface area contributed by atoms with Crippen LogP contribution in [0.3, 0.4) is 0 Å². The molecule has 1 amide bonds. The smallest absolute Gasteiger partial charge is 0.308 e. The molecule has 10 heteroatoms. The largest absolute Gasteiger partial charge is 0.435 e. The zero-order chi connectivity index (χ0) is 24.8. The number of ether oxygens (including phenoxy) is 3. The van der Waals surface area contributed by atoms with Crippen LogP contribution < -0.4 is 0 Å². The van der Waals surface area contributed by atoms with Crippen LogP contribution in [0, 0.1) is 23.7 Å². The van der Waals surface area contributed by atoms with Crippen LogP contribution in [0.2, 0.25) is 0 Å². The first-order valence-corrected chi connectivity index (χ1v) is 13.3. The van der Waals surface area contributed by atoms with E-state index in [1.54, 1.807) is 4.90 Å². The molecule has 1 spiro atoms. The molecule has 5 heterocycles. The lowest BCUT2D eigenvalue weighted by Crippen LogP contribution is -2.70. The summed E-state index contributed by atoms with van der Waals surface area (Å²) in [6.07, 6.45) is 2.40. The van der Waals surface area contributed by atoms with Gasteiger partial charge in [-0.3, -0.25) is 14.5 Å². The number of rotatable bonds is 6.